The van der Waals surface area contributed by atoms with Gasteiger partial charge in [-0.05, 0) is 44.4 Å². The number of Topliss-reactive ketones (excluding diaryl/α,β-unsaturated/α-hetero) is 2. The molecule has 0 aromatic heterocycles. The third-order valence-electron chi connectivity index (χ3n) is 4.90. The molecule has 4 heteroatoms. The van der Waals surface area contributed by atoms with Crippen LogP contribution in [0.1, 0.15) is 71.1 Å². The topological polar surface area (TPSA) is 74.6 Å². The third-order valence-corrected chi connectivity index (χ3v) is 4.90. The van der Waals surface area contributed by atoms with Gasteiger partial charge in [-0.15, -0.1) is 0 Å². The molecule has 0 aromatic carbocycles. The summed E-state index contributed by atoms with van der Waals surface area (Å²) in [6.07, 6.45) is 15.9. The van der Waals surface area contributed by atoms with Gasteiger partial charge in [0.1, 0.15) is 12.4 Å². The summed E-state index contributed by atoms with van der Waals surface area (Å²) in [6.45, 7) is 1.75. The van der Waals surface area contributed by atoms with Crippen molar-refractivity contribution in [1.29, 1.82) is 0 Å². The van der Waals surface area contributed by atoms with Gasteiger partial charge in [0, 0.05) is 18.8 Å². The number of allylic oxidation sites excluding steroid dienone is 3. The molecule has 25 heavy (non-hydrogen) atoms. The Morgan fingerprint density at radius 1 is 1.28 bits per heavy atom. The van der Waals surface area contributed by atoms with Crippen LogP contribution in [-0.4, -0.2) is 34.5 Å². The summed E-state index contributed by atoms with van der Waals surface area (Å²) >= 11 is 0. The molecule has 1 rings (SSSR count). The molecule has 0 saturated heterocycles. The first-order chi connectivity index (χ1) is 12.1. The fourth-order valence-electron chi connectivity index (χ4n) is 3.30. The molecule has 0 radical (unpaired) electrons. The molecule has 0 aromatic rings. The van der Waals surface area contributed by atoms with E-state index < -0.39 is 0 Å². The number of unbranched alkanes of at least 4 members (excludes halogenated alkanes) is 2. The van der Waals surface area contributed by atoms with Crippen LogP contribution in [0.5, 0.6) is 0 Å². The van der Waals surface area contributed by atoms with Crippen molar-refractivity contribution < 1.29 is 19.8 Å². The van der Waals surface area contributed by atoms with E-state index in [9.17, 15) is 14.7 Å². The number of hydrogen-bond donors (Lipinski definition) is 2. The molecule has 4 nitrogen and oxygen atoms in total. The van der Waals surface area contributed by atoms with E-state index in [4.69, 9.17) is 5.11 Å². The molecular weight excluding hydrogens is 316 g/mol. The molecule has 2 N–H and O–H groups in total. The number of ketones is 2. The van der Waals surface area contributed by atoms with Crippen molar-refractivity contribution in [3.8, 4) is 0 Å². The van der Waals surface area contributed by atoms with Gasteiger partial charge >= 0.3 is 0 Å². The zero-order chi connectivity index (χ0) is 18.5. The third kappa shape index (κ3) is 9.13. The summed E-state index contributed by atoms with van der Waals surface area (Å²) < 4.78 is 0. The smallest absolute Gasteiger partial charge is 0.158 e. The van der Waals surface area contributed by atoms with Crippen molar-refractivity contribution >= 4 is 11.6 Å². The quantitative estimate of drug-likeness (QED) is 0.392. The highest BCUT2D eigenvalue weighted by atomic mass is 16.3. The Bertz CT molecular complexity index is 453. The SMILES string of the molecule is CCCC[C@@H](O)CC=C[C@H]1CCC(=O)[C@@H]1CC=CCCCC(=O)CO. The van der Waals surface area contributed by atoms with Crippen LogP contribution in [-0.2, 0) is 9.59 Å². The van der Waals surface area contributed by atoms with E-state index in [1.165, 1.54) is 0 Å². The molecule has 1 aliphatic rings. The van der Waals surface area contributed by atoms with Crippen LogP contribution in [0.2, 0.25) is 0 Å². The molecule has 0 unspecified atom stereocenters. The molecule has 3 atom stereocenters. The first-order valence-electron chi connectivity index (χ1n) is 9.73. The number of aliphatic hydroxyl groups excluding tert-OH is 2. The zero-order valence-corrected chi connectivity index (χ0v) is 15.5. The second-order valence-corrected chi connectivity index (χ2v) is 7.03. The summed E-state index contributed by atoms with van der Waals surface area (Å²) in [5, 5.41) is 18.5. The van der Waals surface area contributed by atoms with E-state index in [-0.39, 0.29) is 30.3 Å². The number of aliphatic hydroxyl groups is 2. The molecule has 1 aliphatic carbocycles. The zero-order valence-electron chi connectivity index (χ0n) is 15.5. The molecule has 142 valence electrons. The van der Waals surface area contributed by atoms with E-state index in [0.29, 0.717) is 25.0 Å². The van der Waals surface area contributed by atoms with Gasteiger partial charge in [0.25, 0.3) is 0 Å². The average Bonchev–Trinajstić information content (AvgIpc) is 2.95. The molecule has 0 heterocycles. The molecule has 0 bridgehead atoms. The highest BCUT2D eigenvalue weighted by Gasteiger charge is 2.31. The second kappa shape index (κ2) is 13.0. The second-order valence-electron chi connectivity index (χ2n) is 7.03. The van der Waals surface area contributed by atoms with Crippen LogP contribution in [0.4, 0.5) is 0 Å². The lowest BCUT2D eigenvalue weighted by molar-refractivity contribution is -0.122. The summed E-state index contributed by atoms with van der Waals surface area (Å²) in [5.41, 5.74) is 0. The molecular formula is C21H34O4. The fraction of sp³-hybridized carbons (Fsp3) is 0.714. The van der Waals surface area contributed by atoms with Crippen molar-refractivity contribution in [1.82, 2.24) is 0 Å². The van der Waals surface area contributed by atoms with Crippen LogP contribution in [0, 0.1) is 11.8 Å². The summed E-state index contributed by atoms with van der Waals surface area (Å²) in [5.74, 6) is 0.554. The Kier molecular flexibility index (Phi) is 11.3. The van der Waals surface area contributed by atoms with Crippen LogP contribution in [0.25, 0.3) is 0 Å². The standard InChI is InChI=1S/C21H34O4/c1-2-3-10-18(23)12-8-9-17-14-15-21(25)20(17)13-7-5-4-6-11-19(24)16-22/h5,7-9,17-18,20,22-23H,2-4,6,10-16H2,1H3/t17-,18+,20+/m0/s1. The average molecular weight is 350 g/mol. The number of rotatable bonds is 13. The van der Waals surface area contributed by atoms with Crippen molar-refractivity contribution in [3.05, 3.63) is 24.3 Å². The Hall–Kier alpha value is -1.26. The molecule has 1 saturated carbocycles. The minimum Gasteiger partial charge on any atom is -0.393 e. The first-order valence-corrected chi connectivity index (χ1v) is 9.73. The van der Waals surface area contributed by atoms with Crippen LogP contribution < -0.4 is 0 Å². The number of hydrogen-bond acceptors (Lipinski definition) is 4. The highest BCUT2D eigenvalue weighted by molar-refractivity contribution is 5.83. The largest absolute Gasteiger partial charge is 0.393 e. The molecule has 0 amide bonds. The lowest BCUT2D eigenvalue weighted by atomic mass is 9.91. The van der Waals surface area contributed by atoms with Gasteiger partial charge in [-0.3, -0.25) is 9.59 Å². The highest BCUT2D eigenvalue weighted by Crippen LogP contribution is 2.33. The van der Waals surface area contributed by atoms with Crippen molar-refractivity contribution in [2.45, 2.75) is 77.2 Å². The Labute approximate surface area is 152 Å². The molecule has 1 fully saturated rings. The van der Waals surface area contributed by atoms with E-state index in [1.807, 2.05) is 18.2 Å². The van der Waals surface area contributed by atoms with E-state index in [0.717, 1.165) is 44.9 Å². The Balaban J connectivity index is 2.33. The van der Waals surface area contributed by atoms with E-state index in [2.05, 4.69) is 13.0 Å². The van der Waals surface area contributed by atoms with Gasteiger partial charge in [0.05, 0.1) is 6.10 Å². The van der Waals surface area contributed by atoms with E-state index in [1.54, 1.807) is 0 Å². The van der Waals surface area contributed by atoms with Gasteiger partial charge in [-0.2, -0.15) is 0 Å². The van der Waals surface area contributed by atoms with Gasteiger partial charge in [0.15, 0.2) is 5.78 Å². The lowest BCUT2D eigenvalue weighted by Crippen LogP contribution is -2.12. The van der Waals surface area contributed by atoms with Gasteiger partial charge in [-0.25, -0.2) is 0 Å². The predicted octanol–water partition coefficient (Wildman–Crippen LogP) is 3.76. The first kappa shape index (κ1) is 21.8. The van der Waals surface area contributed by atoms with Crippen molar-refractivity contribution in [2.75, 3.05) is 6.61 Å². The molecule has 0 aliphatic heterocycles. The predicted molar refractivity (Wildman–Crippen MR) is 100 cm³/mol. The van der Waals surface area contributed by atoms with Crippen LogP contribution in [0.3, 0.4) is 0 Å². The van der Waals surface area contributed by atoms with Crippen LogP contribution in [0.15, 0.2) is 24.3 Å². The maximum Gasteiger partial charge on any atom is 0.158 e. The van der Waals surface area contributed by atoms with Crippen molar-refractivity contribution in [2.24, 2.45) is 11.8 Å². The Morgan fingerprint density at radius 3 is 2.80 bits per heavy atom. The minimum absolute atomic E-state index is 0.0550. The normalized spacial score (nSPS) is 22.3. The monoisotopic (exact) mass is 350 g/mol. The number of carbonyl (C=O) groups is 2. The molecule has 0 spiro atoms. The fourth-order valence-corrected chi connectivity index (χ4v) is 3.30. The maximum atomic E-state index is 12.1. The Morgan fingerprint density at radius 2 is 2.08 bits per heavy atom. The van der Waals surface area contributed by atoms with Gasteiger partial charge in [-0.1, -0.05) is 44.1 Å². The number of carbonyl (C=O) groups excluding carboxylic acids is 2. The summed E-state index contributed by atoms with van der Waals surface area (Å²) in [7, 11) is 0. The summed E-state index contributed by atoms with van der Waals surface area (Å²) in [4.78, 5) is 23.1. The van der Waals surface area contributed by atoms with Gasteiger partial charge in [0.2, 0.25) is 0 Å². The van der Waals surface area contributed by atoms with Crippen molar-refractivity contribution in [3.63, 3.8) is 0 Å². The van der Waals surface area contributed by atoms with E-state index >= 15 is 0 Å². The minimum atomic E-state index is -0.374. The van der Waals surface area contributed by atoms with Crippen LogP contribution >= 0.6 is 0 Å². The maximum absolute atomic E-state index is 12.1. The van der Waals surface area contributed by atoms with Gasteiger partial charge < -0.3 is 10.2 Å². The lowest BCUT2D eigenvalue weighted by Gasteiger charge is -2.13. The summed E-state index contributed by atoms with van der Waals surface area (Å²) in [6, 6.07) is 0.